The molecule has 21 heavy (non-hydrogen) atoms. The molecule has 6 heteroatoms. The first-order valence-electron chi connectivity index (χ1n) is 6.69. The van der Waals surface area contributed by atoms with Gasteiger partial charge in [-0.1, -0.05) is 12.1 Å². The Morgan fingerprint density at radius 2 is 1.90 bits per heavy atom. The first-order valence-corrected chi connectivity index (χ1v) is 6.69. The molecule has 108 valence electrons. The summed E-state index contributed by atoms with van der Waals surface area (Å²) in [5.74, 6) is -0.312. The molecular weight excluding hydrogens is 273 g/mol. The lowest BCUT2D eigenvalue weighted by Crippen LogP contribution is -2.34. The van der Waals surface area contributed by atoms with Gasteiger partial charge >= 0.3 is 5.97 Å². The van der Waals surface area contributed by atoms with Crippen LogP contribution in [0.3, 0.4) is 0 Å². The van der Waals surface area contributed by atoms with Crippen molar-refractivity contribution in [3.05, 3.63) is 53.7 Å². The first-order chi connectivity index (χ1) is 10.1. The number of aromatic carboxylic acids is 1. The van der Waals surface area contributed by atoms with Gasteiger partial charge in [0.05, 0.1) is 12.4 Å². The highest BCUT2D eigenvalue weighted by Crippen LogP contribution is 2.38. The minimum Gasteiger partial charge on any atom is -0.476 e. The monoisotopic (exact) mass is 287 g/mol. The lowest BCUT2D eigenvalue weighted by Gasteiger charge is -2.36. The van der Waals surface area contributed by atoms with Crippen LogP contribution in [0.5, 0.6) is 0 Å². The zero-order valence-electron chi connectivity index (χ0n) is 11.2. The fourth-order valence-corrected chi connectivity index (χ4v) is 2.46. The molecule has 1 aromatic heterocycles. The van der Waals surface area contributed by atoms with Crippen molar-refractivity contribution in [3.63, 3.8) is 0 Å². The number of aromatic nitrogens is 2. The Balaban J connectivity index is 1.54. The van der Waals surface area contributed by atoms with Gasteiger partial charge in [0.1, 0.15) is 11.6 Å². The van der Waals surface area contributed by atoms with E-state index in [0.717, 1.165) is 18.4 Å². The quantitative estimate of drug-likeness (QED) is 0.904. The van der Waals surface area contributed by atoms with Crippen molar-refractivity contribution in [2.24, 2.45) is 0 Å². The molecule has 1 aliphatic carbocycles. The highest BCUT2D eigenvalue weighted by atomic mass is 19.1. The van der Waals surface area contributed by atoms with E-state index in [1.54, 1.807) is 0 Å². The summed E-state index contributed by atoms with van der Waals surface area (Å²) in [5, 5.41) is 12.0. The van der Waals surface area contributed by atoms with E-state index in [0.29, 0.717) is 11.7 Å². The van der Waals surface area contributed by atoms with E-state index in [-0.39, 0.29) is 17.6 Å². The van der Waals surface area contributed by atoms with Gasteiger partial charge in [-0.25, -0.2) is 19.2 Å². The van der Waals surface area contributed by atoms with Crippen LogP contribution in [-0.4, -0.2) is 27.1 Å². The molecule has 0 radical (unpaired) electrons. The van der Waals surface area contributed by atoms with Gasteiger partial charge in [0.15, 0.2) is 5.69 Å². The van der Waals surface area contributed by atoms with Gasteiger partial charge in [-0.3, -0.25) is 0 Å². The summed E-state index contributed by atoms with van der Waals surface area (Å²) in [6.07, 6.45) is 4.54. The number of halogens is 1. The van der Waals surface area contributed by atoms with Crippen molar-refractivity contribution in [1.82, 2.24) is 9.97 Å². The second kappa shape index (κ2) is 5.47. The van der Waals surface area contributed by atoms with Crippen LogP contribution >= 0.6 is 0 Å². The number of carboxylic acid groups (broad SMARTS) is 1. The van der Waals surface area contributed by atoms with Crippen molar-refractivity contribution in [2.75, 3.05) is 5.32 Å². The lowest BCUT2D eigenvalue weighted by atomic mass is 9.76. The molecular formula is C15H14FN3O2. The van der Waals surface area contributed by atoms with Gasteiger partial charge in [-0.05, 0) is 36.5 Å². The molecule has 0 aliphatic heterocycles. The number of nitrogens with zero attached hydrogens (tertiary/aromatic N) is 2. The van der Waals surface area contributed by atoms with Crippen LogP contribution in [0.1, 0.15) is 34.8 Å². The number of rotatable bonds is 4. The number of hydrogen-bond donors (Lipinski definition) is 2. The molecule has 1 aliphatic rings. The third-order valence-electron chi connectivity index (χ3n) is 3.70. The van der Waals surface area contributed by atoms with E-state index >= 15 is 0 Å². The van der Waals surface area contributed by atoms with Crippen LogP contribution in [0.25, 0.3) is 0 Å². The van der Waals surface area contributed by atoms with E-state index in [1.165, 1.54) is 24.5 Å². The van der Waals surface area contributed by atoms with E-state index < -0.39 is 5.97 Å². The van der Waals surface area contributed by atoms with Crippen molar-refractivity contribution < 1.29 is 14.3 Å². The molecule has 0 amide bonds. The van der Waals surface area contributed by atoms with E-state index in [4.69, 9.17) is 5.11 Å². The Labute approximate surface area is 120 Å². The fraction of sp³-hybridized carbons (Fsp3) is 0.267. The van der Waals surface area contributed by atoms with Crippen molar-refractivity contribution in [3.8, 4) is 0 Å². The van der Waals surface area contributed by atoms with Crippen molar-refractivity contribution >= 4 is 11.8 Å². The highest BCUT2D eigenvalue weighted by molar-refractivity contribution is 5.84. The molecule has 1 saturated carbocycles. The normalized spacial score (nSPS) is 20.6. The molecule has 2 N–H and O–H groups in total. The SMILES string of the molecule is O=C(O)c1cnc(NC2CC(c3ccc(F)cc3)C2)cn1. The molecule has 0 bridgehead atoms. The molecule has 1 fully saturated rings. The van der Waals surface area contributed by atoms with Gasteiger partial charge in [-0.15, -0.1) is 0 Å². The Bertz CT molecular complexity index is 637. The average Bonchev–Trinajstić information content (AvgIpc) is 2.44. The number of carboxylic acids is 1. The maximum Gasteiger partial charge on any atom is 0.356 e. The molecule has 5 nitrogen and oxygen atoms in total. The highest BCUT2D eigenvalue weighted by Gasteiger charge is 2.30. The van der Waals surface area contributed by atoms with Crippen LogP contribution < -0.4 is 5.32 Å². The topological polar surface area (TPSA) is 75.1 Å². The molecule has 0 atom stereocenters. The molecule has 0 spiro atoms. The smallest absolute Gasteiger partial charge is 0.356 e. The number of benzene rings is 1. The number of anilines is 1. The van der Waals surface area contributed by atoms with Crippen LogP contribution in [0.15, 0.2) is 36.7 Å². The molecule has 3 rings (SSSR count). The van der Waals surface area contributed by atoms with Crippen LogP contribution in [0.4, 0.5) is 10.2 Å². The maximum absolute atomic E-state index is 12.9. The Morgan fingerprint density at radius 1 is 1.19 bits per heavy atom. The first kappa shape index (κ1) is 13.5. The number of carbonyl (C=O) groups is 1. The van der Waals surface area contributed by atoms with Crippen LogP contribution in [0, 0.1) is 5.82 Å². The van der Waals surface area contributed by atoms with E-state index in [2.05, 4.69) is 15.3 Å². The maximum atomic E-state index is 12.9. The summed E-state index contributed by atoms with van der Waals surface area (Å²) >= 11 is 0. The second-order valence-electron chi connectivity index (χ2n) is 5.15. The summed E-state index contributed by atoms with van der Waals surface area (Å²) in [5.41, 5.74) is 1.07. The summed E-state index contributed by atoms with van der Waals surface area (Å²) in [6.45, 7) is 0. The van der Waals surface area contributed by atoms with Gasteiger partial charge in [0.2, 0.25) is 0 Å². The molecule has 0 unspecified atom stereocenters. The lowest BCUT2D eigenvalue weighted by molar-refractivity contribution is 0.0690. The summed E-state index contributed by atoms with van der Waals surface area (Å²) in [6, 6.07) is 6.87. The Kier molecular flexibility index (Phi) is 3.51. The summed E-state index contributed by atoms with van der Waals surface area (Å²) < 4.78 is 12.9. The molecule has 1 heterocycles. The zero-order chi connectivity index (χ0) is 14.8. The van der Waals surface area contributed by atoms with Crippen molar-refractivity contribution in [1.29, 1.82) is 0 Å². The largest absolute Gasteiger partial charge is 0.476 e. The predicted molar refractivity (Wildman–Crippen MR) is 74.8 cm³/mol. The summed E-state index contributed by atoms with van der Waals surface area (Å²) in [7, 11) is 0. The van der Waals surface area contributed by atoms with Gasteiger partial charge in [0.25, 0.3) is 0 Å². The number of nitrogens with one attached hydrogen (secondary N) is 1. The standard InChI is InChI=1S/C15H14FN3O2/c16-11-3-1-9(2-4-11)10-5-12(6-10)19-14-8-17-13(7-18-14)15(20)21/h1-4,7-8,10,12H,5-6H2,(H,18,19)(H,20,21). The van der Waals surface area contributed by atoms with E-state index in [9.17, 15) is 9.18 Å². The van der Waals surface area contributed by atoms with Crippen molar-refractivity contribution in [2.45, 2.75) is 24.8 Å². The molecule has 0 saturated heterocycles. The van der Waals surface area contributed by atoms with E-state index in [1.807, 2.05) is 12.1 Å². The number of hydrogen-bond acceptors (Lipinski definition) is 4. The average molecular weight is 287 g/mol. The van der Waals surface area contributed by atoms with Gasteiger partial charge < -0.3 is 10.4 Å². The third kappa shape index (κ3) is 2.99. The minimum atomic E-state index is -1.09. The molecule has 1 aromatic carbocycles. The predicted octanol–water partition coefficient (Wildman–Crippen LogP) is 2.67. The summed E-state index contributed by atoms with van der Waals surface area (Å²) in [4.78, 5) is 18.5. The minimum absolute atomic E-state index is 0.0710. The third-order valence-corrected chi connectivity index (χ3v) is 3.70. The van der Waals surface area contributed by atoms with Gasteiger partial charge in [-0.2, -0.15) is 0 Å². The Hall–Kier alpha value is -2.50. The fourth-order valence-electron chi connectivity index (χ4n) is 2.46. The van der Waals surface area contributed by atoms with Crippen LogP contribution in [0.2, 0.25) is 0 Å². The second-order valence-corrected chi connectivity index (χ2v) is 5.15. The van der Waals surface area contributed by atoms with Gasteiger partial charge in [0, 0.05) is 6.04 Å². The molecule has 2 aromatic rings. The van der Waals surface area contributed by atoms with Crippen LogP contribution in [-0.2, 0) is 0 Å². The Morgan fingerprint density at radius 3 is 2.48 bits per heavy atom. The zero-order valence-corrected chi connectivity index (χ0v) is 11.2.